The Bertz CT molecular complexity index is 1110. The van der Waals surface area contributed by atoms with Crippen LogP contribution in [0.25, 0.3) is 11.3 Å². The van der Waals surface area contributed by atoms with E-state index in [1.165, 1.54) is 7.11 Å². The molecule has 0 aliphatic rings. The van der Waals surface area contributed by atoms with Crippen LogP contribution >= 0.6 is 23.2 Å². The molecule has 2 aromatic carbocycles. The quantitative estimate of drug-likeness (QED) is 0.570. The fourth-order valence-electron chi connectivity index (χ4n) is 2.87. The van der Waals surface area contributed by atoms with Gasteiger partial charge in [-0.25, -0.2) is 18.6 Å². The number of nitrogens with zero attached hydrogens (tertiary/aromatic N) is 1. The van der Waals surface area contributed by atoms with Crippen molar-refractivity contribution in [3.8, 4) is 17.0 Å². The van der Waals surface area contributed by atoms with Crippen molar-refractivity contribution in [3.63, 3.8) is 0 Å². The van der Waals surface area contributed by atoms with Crippen molar-refractivity contribution in [2.24, 2.45) is 0 Å². The van der Waals surface area contributed by atoms with E-state index in [0.717, 1.165) is 11.6 Å². The molecule has 3 N–H and O–H groups in total. The molecule has 0 bridgehead atoms. The summed E-state index contributed by atoms with van der Waals surface area (Å²) in [7, 11) is 1.25. The van der Waals surface area contributed by atoms with Crippen LogP contribution < -0.4 is 10.5 Å². The number of aromatic nitrogens is 1. The van der Waals surface area contributed by atoms with Crippen LogP contribution in [0.1, 0.15) is 21.6 Å². The Morgan fingerprint density at radius 2 is 1.86 bits per heavy atom. The van der Waals surface area contributed by atoms with Gasteiger partial charge in [0.1, 0.15) is 5.69 Å². The maximum absolute atomic E-state index is 15.2. The van der Waals surface area contributed by atoms with Gasteiger partial charge >= 0.3 is 5.97 Å². The highest BCUT2D eigenvalue weighted by molar-refractivity contribution is 6.35. The molecular weight excluding hydrogens is 425 g/mol. The molecule has 0 saturated carbocycles. The molecule has 0 radical (unpaired) electrons. The fourth-order valence-corrected chi connectivity index (χ4v) is 3.34. The summed E-state index contributed by atoms with van der Waals surface area (Å²) in [5.74, 6) is -3.86. The number of carboxylic acid groups (broad SMARTS) is 1. The summed E-state index contributed by atoms with van der Waals surface area (Å²) >= 11 is 12.1. The molecule has 0 amide bonds. The number of nitrogens with two attached hydrogens (primary N) is 1. The van der Waals surface area contributed by atoms with Crippen LogP contribution in [0.4, 0.5) is 14.5 Å². The first-order chi connectivity index (χ1) is 13.8. The molecule has 9 heteroatoms. The third kappa shape index (κ3) is 3.83. The minimum absolute atomic E-state index is 0.0914. The van der Waals surface area contributed by atoms with Crippen LogP contribution in [0.3, 0.4) is 0 Å². The van der Waals surface area contributed by atoms with E-state index in [-0.39, 0.29) is 17.2 Å². The second-order valence-electron chi connectivity index (χ2n) is 6.05. The number of methoxy groups -OCH3 is 1. The Morgan fingerprint density at radius 1 is 1.21 bits per heavy atom. The number of nitrogen functional groups attached to an aromatic ring is 1. The summed E-state index contributed by atoms with van der Waals surface area (Å²) in [5, 5.41) is 8.74. The summed E-state index contributed by atoms with van der Waals surface area (Å²) < 4.78 is 35.1. The summed E-state index contributed by atoms with van der Waals surface area (Å²) in [6.07, 6.45) is 0.263. The molecule has 29 heavy (non-hydrogen) atoms. The number of aromatic carboxylic acids is 1. The van der Waals surface area contributed by atoms with E-state index in [2.05, 4.69) is 4.98 Å². The number of carboxylic acids is 1. The number of ether oxygens (including phenoxy) is 1. The molecule has 3 rings (SSSR count). The zero-order valence-corrected chi connectivity index (χ0v) is 16.5. The van der Waals surface area contributed by atoms with E-state index in [4.69, 9.17) is 33.7 Å². The third-order valence-corrected chi connectivity index (χ3v) is 4.99. The van der Waals surface area contributed by atoms with Gasteiger partial charge in [-0.15, -0.1) is 0 Å². The fraction of sp³-hybridized carbons (Fsp3) is 0.100. The van der Waals surface area contributed by atoms with E-state index in [0.29, 0.717) is 5.56 Å². The Morgan fingerprint density at radius 3 is 2.45 bits per heavy atom. The predicted octanol–water partition coefficient (Wildman–Crippen LogP) is 5.21. The van der Waals surface area contributed by atoms with E-state index in [9.17, 15) is 14.3 Å². The lowest BCUT2D eigenvalue weighted by atomic mass is 9.99. The summed E-state index contributed by atoms with van der Waals surface area (Å²) in [4.78, 5) is 15.0. The molecule has 150 valence electrons. The molecule has 3 aromatic rings. The van der Waals surface area contributed by atoms with Gasteiger partial charge in [0.15, 0.2) is 23.1 Å². The first-order valence-corrected chi connectivity index (χ1v) is 8.98. The number of carbonyl (C=O) groups is 1. The lowest BCUT2D eigenvalue weighted by Crippen LogP contribution is -2.09. The Kier molecular flexibility index (Phi) is 5.91. The van der Waals surface area contributed by atoms with Gasteiger partial charge < -0.3 is 15.6 Å². The first-order valence-electron chi connectivity index (χ1n) is 8.23. The normalized spacial score (nSPS) is 10.8. The lowest BCUT2D eigenvalue weighted by molar-refractivity contribution is 0.0691. The molecule has 0 spiro atoms. The van der Waals surface area contributed by atoms with Gasteiger partial charge in [-0.2, -0.15) is 0 Å². The number of hydrogen-bond acceptors (Lipinski definition) is 4. The minimum Gasteiger partial charge on any atom is -0.493 e. The van der Waals surface area contributed by atoms with Crippen LogP contribution in [0.15, 0.2) is 36.4 Å². The molecule has 5 nitrogen and oxygen atoms in total. The molecule has 0 unspecified atom stereocenters. The highest BCUT2D eigenvalue weighted by Crippen LogP contribution is 2.40. The van der Waals surface area contributed by atoms with Crippen molar-refractivity contribution in [1.29, 1.82) is 0 Å². The van der Waals surface area contributed by atoms with E-state index in [1.807, 2.05) is 30.3 Å². The van der Waals surface area contributed by atoms with Crippen LogP contribution in [0.2, 0.25) is 10.0 Å². The molecule has 0 atom stereocenters. The maximum Gasteiger partial charge on any atom is 0.356 e. The van der Waals surface area contributed by atoms with Crippen molar-refractivity contribution in [1.82, 2.24) is 4.98 Å². The third-order valence-electron chi connectivity index (χ3n) is 4.27. The van der Waals surface area contributed by atoms with Crippen molar-refractivity contribution >= 4 is 34.9 Å². The van der Waals surface area contributed by atoms with E-state index >= 15 is 4.39 Å². The molecule has 0 fully saturated rings. The zero-order chi connectivity index (χ0) is 21.3. The van der Waals surface area contributed by atoms with E-state index in [1.54, 1.807) is 0 Å². The van der Waals surface area contributed by atoms with Gasteiger partial charge in [-0.3, -0.25) is 0 Å². The van der Waals surface area contributed by atoms with Crippen LogP contribution in [0.5, 0.6) is 5.75 Å². The first kappa shape index (κ1) is 20.8. The van der Waals surface area contributed by atoms with Crippen molar-refractivity contribution in [2.45, 2.75) is 6.42 Å². The Balaban J connectivity index is 2.23. The smallest absolute Gasteiger partial charge is 0.356 e. The lowest BCUT2D eigenvalue weighted by Gasteiger charge is -2.16. The molecule has 0 aliphatic carbocycles. The van der Waals surface area contributed by atoms with Crippen molar-refractivity contribution in [3.05, 3.63) is 74.9 Å². The van der Waals surface area contributed by atoms with Gasteiger partial charge in [0.2, 0.25) is 0 Å². The SMILES string of the molecule is COc1c(F)c(-c2nc(C(=O)O)c(Cl)c(N)c2F)cc(Cl)c1Cc1ccccc1. The highest BCUT2D eigenvalue weighted by atomic mass is 35.5. The van der Waals surface area contributed by atoms with Crippen LogP contribution in [-0.2, 0) is 6.42 Å². The standard InChI is InChI=1S/C20H14Cl2F2N2O3/c1-29-19-10(7-9-5-3-2-4-6-9)12(21)8-11(14(19)23)17-15(24)16(25)13(22)18(26-17)20(27)28/h2-6,8H,7H2,1H3,(H2,25,26)(H,27,28). The van der Waals surface area contributed by atoms with Crippen molar-refractivity contribution in [2.75, 3.05) is 12.8 Å². The van der Waals surface area contributed by atoms with Gasteiger partial charge in [-0.1, -0.05) is 53.5 Å². The number of hydrogen-bond donors (Lipinski definition) is 2. The largest absolute Gasteiger partial charge is 0.493 e. The molecule has 1 aromatic heterocycles. The Labute approximate surface area is 174 Å². The zero-order valence-electron chi connectivity index (χ0n) is 15.0. The summed E-state index contributed by atoms with van der Waals surface area (Å²) in [6, 6.07) is 10.3. The van der Waals surface area contributed by atoms with Gasteiger partial charge in [0.25, 0.3) is 0 Å². The molecule has 0 aliphatic heterocycles. The average Bonchev–Trinajstić information content (AvgIpc) is 2.70. The minimum atomic E-state index is -1.54. The second kappa shape index (κ2) is 8.23. The van der Waals surface area contributed by atoms with Gasteiger partial charge in [-0.05, 0) is 11.6 Å². The van der Waals surface area contributed by atoms with Gasteiger partial charge in [0, 0.05) is 22.6 Å². The predicted molar refractivity (Wildman–Crippen MR) is 107 cm³/mol. The number of benzene rings is 2. The number of rotatable bonds is 5. The number of pyridine rings is 1. The van der Waals surface area contributed by atoms with Gasteiger partial charge in [0.05, 0.1) is 17.8 Å². The maximum atomic E-state index is 15.2. The molecule has 1 heterocycles. The molecular formula is C20H14Cl2F2N2O3. The number of halogens is 4. The van der Waals surface area contributed by atoms with E-state index < -0.39 is 45.3 Å². The second-order valence-corrected chi connectivity index (χ2v) is 6.84. The summed E-state index contributed by atoms with van der Waals surface area (Å²) in [5.41, 5.74) is 4.37. The monoisotopic (exact) mass is 438 g/mol. The van der Waals surface area contributed by atoms with Crippen LogP contribution in [-0.4, -0.2) is 23.2 Å². The average molecular weight is 439 g/mol. The Hall–Kier alpha value is -2.90. The van der Waals surface area contributed by atoms with Crippen LogP contribution in [0, 0.1) is 11.6 Å². The topological polar surface area (TPSA) is 85.4 Å². The highest BCUT2D eigenvalue weighted by Gasteiger charge is 2.27. The van der Waals surface area contributed by atoms with Crippen molar-refractivity contribution < 1.29 is 23.4 Å². The summed E-state index contributed by atoms with van der Waals surface area (Å²) in [6.45, 7) is 0. The number of anilines is 1. The molecule has 0 saturated heterocycles.